The number of carbonyl (C=O) groups is 1. The van der Waals surface area contributed by atoms with Crippen molar-refractivity contribution in [3.8, 4) is 0 Å². The summed E-state index contributed by atoms with van der Waals surface area (Å²) in [6.07, 6.45) is 4.90. The molecule has 156 valence electrons. The van der Waals surface area contributed by atoms with Gasteiger partial charge in [0.25, 0.3) is 5.91 Å². The van der Waals surface area contributed by atoms with E-state index in [-0.39, 0.29) is 12.5 Å². The number of halogens is 3. The minimum Gasteiger partial charge on any atom is -0.467 e. The van der Waals surface area contributed by atoms with Gasteiger partial charge in [-0.25, -0.2) is 0 Å². The molecule has 5 nitrogen and oxygen atoms in total. The summed E-state index contributed by atoms with van der Waals surface area (Å²) in [7, 11) is 0. The van der Waals surface area contributed by atoms with Crippen LogP contribution in [0.1, 0.15) is 16.9 Å². The number of hydrogen-bond acceptors (Lipinski definition) is 5. The van der Waals surface area contributed by atoms with E-state index in [1.54, 1.807) is 48.9 Å². The number of hydrogen-bond donors (Lipinski definition) is 0. The fourth-order valence-electron chi connectivity index (χ4n) is 2.79. The Balaban J connectivity index is 1.65. The topological polar surface area (TPSA) is 58.2 Å². The smallest absolute Gasteiger partial charge is 0.267 e. The highest BCUT2D eigenvalue weighted by atomic mass is 79.9. The maximum Gasteiger partial charge on any atom is 0.267 e. The largest absolute Gasteiger partial charge is 0.467 e. The van der Waals surface area contributed by atoms with Crippen LogP contribution in [-0.4, -0.2) is 22.2 Å². The monoisotopic (exact) mass is 533 g/mol. The summed E-state index contributed by atoms with van der Waals surface area (Å²) in [4.78, 5) is 15.1. The molecule has 2 heterocycles. The van der Waals surface area contributed by atoms with Gasteiger partial charge in [0, 0.05) is 4.47 Å². The number of furan rings is 1. The molecule has 0 radical (unpaired) electrons. The van der Waals surface area contributed by atoms with Gasteiger partial charge < -0.3 is 4.42 Å². The molecule has 0 saturated carbocycles. The van der Waals surface area contributed by atoms with Gasteiger partial charge in [0.1, 0.15) is 5.76 Å². The Kier molecular flexibility index (Phi) is 6.97. The van der Waals surface area contributed by atoms with Crippen molar-refractivity contribution in [1.82, 2.24) is 4.90 Å². The number of carbonyl (C=O) groups excluding carboxylic acids is 1. The highest BCUT2D eigenvalue weighted by Crippen LogP contribution is 2.36. The van der Waals surface area contributed by atoms with Gasteiger partial charge in [0.2, 0.25) is 0 Å². The first-order valence-corrected chi connectivity index (χ1v) is 11.4. The average Bonchev–Trinajstić information content (AvgIpc) is 3.36. The molecule has 1 aromatic heterocycles. The zero-order valence-corrected chi connectivity index (χ0v) is 19.7. The molecule has 1 fully saturated rings. The molecule has 0 unspecified atom stereocenters. The Labute approximate surface area is 201 Å². The van der Waals surface area contributed by atoms with Crippen molar-refractivity contribution >= 4 is 74.3 Å². The number of amidine groups is 1. The lowest BCUT2D eigenvalue weighted by Crippen LogP contribution is -2.28. The second-order valence-corrected chi connectivity index (χ2v) is 9.12. The Morgan fingerprint density at radius 3 is 2.74 bits per heavy atom. The van der Waals surface area contributed by atoms with Crippen LogP contribution in [0.5, 0.6) is 0 Å². The Morgan fingerprint density at radius 2 is 1.97 bits per heavy atom. The first-order chi connectivity index (χ1) is 15.0. The van der Waals surface area contributed by atoms with E-state index >= 15 is 0 Å². The standard InChI is InChI=1S/C22H14BrCl2N3O2S/c23-16-6-1-4-14(10-16)12-26-27-22-28(13-17-7-3-9-30-17)21(29)19(31-22)11-15-5-2-8-18(24)20(15)25/h1-12H,13H2/b19-11-,26-12-,27-22+. The lowest BCUT2D eigenvalue weighted by atomic mass is 10.2. The Hall–Kier alpha value is -2.32. The fraction of sp³-hybridized carbons (Fsp3) is 0.0455. The van der Waals surface area contributed by atoms with Gasteiger partial charge in [-0.2, -0.15) is 5.10 Å². The quantitative estimate of drug-likeness (QED) is 0.204. The molecule has 0 atom stereocenters. The van der Waals surface area contributed by atoms with Crippen molar-refractivity contribution in [1.29, 1.82) is 0 Å². The summed E-state index contributed by atoms with van der Waals surface area (Å²) in [6, 6.07) is 16.5. The van der Waals surface area contributed by atoms with Gasteiger partial charge >= 0.3 is 0 Å². The lowest BCUT2D eigenvalue weighted by Gasteiger charge is -2.12. The highest BCUT2D eigenvalue weighted by molar-refractivity contribution is 9.10. The van der Waals surface area contributed by atoms with Crippen LogP contribution in [0.3, 0.4) is 0 Å². The van der Waals surface area contributed by atoms with Crippen molar-refractivity contribution in [3.05, 3.63) is 97.2 Å². The van der Waals surface area contributed by atoms with Gasteiger partial charge in [0.15, 0.2) is 5.17 Å². The average molecular weight is 535 g/mol. The third-order valence-corrected chi connectivity index (χ3v) is 6.57. The molecule has 3 aromatic rings. The van der Waals surface area contributed by atoms with Gasteiger partial charge in [-0.3, -0.25) is 9.69 Å². The summed E-state index contributed by atoms with van der Waals surface area (Å²) in [5.41, 5.74) is 1.54. The predicted octanol–water partition coefficient (Wildman–Crippen LogP) is 6.86. The molecule has 0 bridgehead atoms. The number of amides is 1. The molecule has 1 aliphatic heterocycles. The number of thioether (sulfide) groups is 1. The summed E-state index contributed by atoms with van der Waals surface area (Å²) >= 11 is 17.0. The minimum absolute atomic E-state index is 0.214. The molecule has 1 aliphatic rings. The molecule has 1 saturated heterocycles. The van der Waals surface area contributed by atoms with Gasteiger partial charge in [-0.15, -0.1) is 5.10 Å². The normalized spacial score (nSPS) is 16.9. The van der Waals surface area contributed by atoms with Crippen LogP contribution in [0.2, 0.25) is 10.0 Å². The van der Waals surface area contributed by atoms with Gasteiger partial charge in [-0.1, -0.05) is 63.4 Å². The third-order valence-electron chi connectivity index (χ3n) is 4.25. The van der Waals surface area contributed by atoms with Crippen molar-refractivity contribution in [2.24, 2.45) is 10.2 Å². The Morgan fingerprint density at radius 1 is 1.13 bits per heavy atom. The molecule has 0 spiro atoms. The van der Waals surface area contributed by atoms with Crippen molar-refractivity contribution in [2.45, 2.75) is 6.54 Å². The first kappa shape index (κ1) is 21.9. The highest BCUT2D eigenvalue weighted by Gasteiger charge is 2.34. The molecule has 9 heteroatoms. The zero-order chi connectivity index (χ0) is 21.8. The Bertz CT molecular complexity index is 1210. The minimum atomic E-state index is -0.214. The van der Waals surface area contributed by atoms with E-state index in [0.29, 0.717) is 31.4 Å². The zero-order valence-electron chi connectivity index (χ0n) is 15.8. The molecule has 0 aliphatic carbocycles. The van der Waals surface area contributed by atoms with Crippen LogP contribution in [0.25, 0.3) is 6.08 Å². The summed E-state index contributed by atoms with van der Waals surface area (Å²) in [5, 5.41) is 9.72. The van der Waals surface area contributed by atoms with Crippen molar-refractivity contribution in [2.75, 3.05) is 0 Å². The summed E-state index contributed by atoms with van der Waals surface area (Å²) in [5.74, 6) is 0.425. The van der Waals surface area contributed by atoms with Crippen LogP contribution < -0.4 is 0 Å². The number of rotatable bonds is 5. The molecule has 2 aromatic carbocycles. The third kappa shape index (κ3) is 5.30. The number of benzene rings is 2. The molecule has 1 amide bonds. The van der Waals surface area contributed by atoms with Crippen LogP contribution in [0.4, 0.5) is 0 Å². The fourth-order valence-corrected chi connectivity index (χ4v) is 4.49. The van der Waals surface area contributed by atoms with E-state index in [2.05, 4.69) is 26.1 Å². The molecule has 0 N–H and O–H groups in total. The van der Waals surface area contributed by atoms with Crippen molar-refractivity contribution < 1.29 is 9.21 Å². The molecular formula is C22H14BrCl2N3O2S. The lowest BCUT2D eigenvalue weighted by molar-refractivity contribution is -0.122. The first-order valence-electron chi connectivity index (χ1n) is 9.05. The summed E-state index contributed by atoms with van der Waals surface area (Å²) in [6.45, 7) is 0.241. The molecule has 4 rings (SSSR count). The SMILES string of the molecule is O=C1/C(=C/c2cccc(Cl)c2Cl)S/C(=N/N=C\c2cccc(Br)c2)N1Cc1ccco1. The van der Waals surface area contributed by atoms with E-state index in [1.807, 2.05) is 24.3 Å². The van der Waals surface area contributed by atoms with Crippen molar-refractivity contribution in [3.63, 3.8) is 0 Å². The van der Waals surface area contributed by atoms with E-state index < -0.39 is 0 Å². The maximum absolute atomic E-state index is 13.1. The van der Waals surface area contributed by atoms with Gasteiger partial charge in [0.05, 0.1) is 34.0 Å². The second kappa shape index (κ2) is 9.87. The van der Waals surface area contributed by atoms with Crippen LogP contribution in [0.15, 0.2) is 84.9 Å². The van der Waals surface area contributed by atoms with E-state index in [4.69, 9.17) is 27.6 Å². The van der Waals surface area contributed by atoms with E-state index in [1.165, 1.54) is 16.7 Å². The van der Waals surface area contributed by atoms with Crippen LogP contribution in [0, 0.1) is 0 Å². The van der Waals surface area contributed by atoms with E-state index in [0.717, 1.165) is 10.0 Å². The second-order valence-electron chi connectivity index (χ2n) is 6.41. The maximum atomic E-state index is 13.1. The number of nitrogens with zero attached hydrogens (tertiary/aromatic N) is 3. The predicted molar refractivity (Wildman–Crippen MR) is 130 cm³/mol. The molecular weight excluding hydrogens is 521 g/mol. The van der Waals surface area contributed by atoms with Gasteiger partial charge in [-0.05, 0) is 59.3 Å². The van der Waals surface area contributed by atoms with Crippen LogP contribution in [-0.2, 0) is 11.3 Å². The van der Waals surface area contributed by atoms with E-state index in [9.17, 15) is 4.79 Å². The molecule has 31 heavy (non-hydrogen) atoms. The van der Waals surface area contributed by atoms with Crippen LogP contribution >= 0.6 is 50.9 Å². The summed E-state index contributed by atoms with van der Waals surface area (Å²) < 4.78 is 6.35.